The Balaban J connectivity index is 2.10. The summed E-state index contributed by atoms with van der Waals surface area (Å²) in [7, 11) is 0. The lowest BCUT2D eigenvalue weighted by molar-refractivity contribution is -0.137. The zero-order chi connectivity index (χ0) is 14.3. The van der Waals surface area contributed by atoms with E-state index in [0.29, 0.717) is 5.69 Å². The van der Waals surface area contributed by atoms with Crippen LogP contribution in [0.4, 0.5) is 13.2 Å². The molecule has 0 spiro atoms. The Morgan fingerprint density at radius 3 is 2.65 bits per heavy atom. The summed E-state index contributed by atoms with van der Waals surface area (Å²) in [5.41, 5.74) is 0.318. The molecule has 4 nitrogen and oxygen atoms in total. The Morgan fingerprint density at radius 1 is 1.30 bits per heavy atom. The maximum absolute atomic E-state index is 12.7. The van der Waals surface area contributed by atoms with Gasteiger partial charge in [-0.05, 0) is 31.0 Å². The average Bonchev–Trinajstić information content (AvgIpc) is 3.17. The normalized spacial score (nSPS) is 15.1. The highest BCUT2D eigenvalue weighted by atomic mass is 19.4. The molecule has 2 aromatic rings. The Hall–Kier alpha value is -2.36. The first kappa shape index (κ1) is 12.7. The van der Waals surface area contributed by atoms with Gasteiger partial charge in [-0.2, -0.15) is 18.4 Å². The Labute approximate surface area is 112 Å². The number of halogens is 3. The lowest BCUT2D eigenvalue weighted by Gasteiger charge is -2.10. The van der Waals surface area contributed by atoms with Gasteiger partial charge in [-0.3, -0.25) is 0 Å². The van der Waals surface area contributed by atoms with Crippen molar-refractivity contribution in [1.82, 2.24) is 15.0 Å². The molecule has 1 aliphatic carbocycles. The molecule has 1 saturated carbocycles. The maximum atomic E-state index is 12.7. The summed E-state index contributed by atoms with van der Waals surface area (Å²) in [5.74, 6) is 0.161. The molecule has 1 fully saturated rings. The lowest BCUT2D eigenvalue weighted by Crippen LogP contribution is -2.08. The van der Waals surface area contributed by atoms with Crippen LogP contribution in [0.25, 0.3) is 5.69 Å². The van der Waals surface area contributed by atoms with Crippen molar-refractivity contribution >= 4 is 0 Å². The standard InChI is InChI=1S/C13H9F3N4/c14-13(15,16)9-2-1-3-10(6-9)20-12(8-4-5-8)11(7-17)18-19-20/h1-3,6,8H,4-5H2. The number of nitriles is 1. The summed E-state index contributed by atoms with van der Waals surface area (Å²) < 4.78 is 39.5. The Kier molecular flexibility index (Phi) is 2.74. The molecule has 3 rings (SSSR count). The minimum absolute atomic E-state index is 0.161. The van der Waals surface area contributed by atoms with Crippen LogP contribution in [0, 0.1) is 11.3 Å². The smallest absolute Gasteiger partial charge is 0.216 e. The van der Waals surface area contributed by atoms with E-state index in [0.717, 1.165) is 25.0 Å². The van der Waals surface area contributed by atoms with Gasteiger partial charge in [-0.25, -0.2) is 4.68 Å². The largest absolute Gasteiger partial charge is 0.416 e. The second kappa shape index (κ2) is 4.34. The van der Waals surface area contributed by atoms with Crippen LogP contribution in [0.15, 0.2) is 24.3 Å². The highest BCUT2D eigenvalue weighted by molar-refractivity contribution is 5.42. The third-order valence-electron chi connectivity index (χ3n) is 3.19. The number of benzene rings is 1. The zero-order valence-corrected chi connectivity index (χ0v) is 10.2. The number of rotatable bonds is 2. The van der Waals surface area contributed by atoms with E-state index in [4.69, 9.17) is 5.26 Å². The van der Waals surface area contributed by atoms with Gasteiger partial charge in [-0.15, -0.1) is 5.10 Å². The quantitative estimate of drug-likeness (QED) is 0.848. The molecule has 1 aliphatic rings. The minimum atomic E-state index is -4.41. The van der Waals surface area contributed by atoms with Crippen LogP contribution in [-0.4, -0.2) is 15.0 Å². The summed E-state index contributed by atoms with van der Waals surface area (Å²) in [6.45, 7) is 0. The zero-order valence-electron chi connectivity index (χ0n) is 10.2. The minimum Gasteiger partial charge on any atom is -0.216 e. The van der Waals surface area contributed by atoms with Crippen LogP contribution < -0.4 is 0 Å². The molecule has 0 saturated heterocycles. The molecule has 1 heterocycles. The molecule has 0 unspecified atom stereocenters. The van der Waals surface area contributed by atoms with Gasteiger partial charge in [0.05, 0.1) is 16.9 Å². The molecule has 7 heteroatoms. The van der Waals surface area contributed by atoms with E-state index in [9.17, 15) is 13.2 Å². The fraction of sp³-hybridized carbons (Fsp3) is 0.308. The monoisotopic (exact) mass is 278 g/mol. The number of hydrogen-bond donors (Lipinski definition) is 0. The first-order chi connectivity index (χ1) is 9.50. The average molecular weight is 278 g/mol. The van der Waals surface area contributed by atoms with Crippen molar-refractivity contribution in [1.29, 1.82) is 5.26 Å². The molecule has 20 heavy (non-hydrogen) atoms. The summed E-state index contributed by atoms with van der Waals surface area (Å²) in [6.07, 6.45) is -2.60. The van der Waals surface area contributed by atoms with Gasteiger partial charge in [-0.1, -0.05) is 11.3 Å². The second-order valence-electron chi connectivity index (χ2n) is 4.67. The highest BCUT2D eigenvalue weighted by Crippen LogP contribution is 2.42. The Morgan fingerprint density at radius 2 is 2.05 bits per heavy atom. The molecule has 0 atom stereocenters. The van der Waals surface area contributed by atoms with E-state index in [2.05, 4.69) is 10.3 Å². The van der Waals surface area contributed by atoms with Gasteiger partial charge in [0.25, 0.3) is 0 Å². The van der Waals surface area contributed by atoms with E-state index >= 15 is 0 Å². The third kappa shape index (κ3) is 2.13. The van der Waals surface area contributed by atoms with E-state index in [-0.39, 0.29) is 17.3 Å². The van der Waals surface area contributed by atoms with E-state index < -0.39 is 11.7 Å². The third-order valence-corrected chi connectivity index (χ3v) is 3.19. The van der Waals surface area contributed by atoms with Crippen molar-refractivity contribution in [2.75, 3.05) is 0 Å². The van der Waals surface area contributed by atoms with Gasteiger partial charge in [0.1, 0.15) is 6.07 Å². The molecule has 102 valence electrons. The van der Waals surface area contributed by atoms with Crippen molar-refractivity contribution < 1.29 is 13.2 Å². The van der Waals surface area contributed by atoms with E-state index in [1.54, 1.807) is 0 Å². The maximum Gasteiger partial charge on any atom is 0.416 e. The molecule has 0 N–H and O–H groups in total. The Bertz CT molecular complexity index is 692. The molecular weight excluding hydrogens is 269 g/mol. The predicted molar refractivity (Wildman–Crippen MR) is 63.1 cm³/mol. The van der Waals surface area contributed by atoms with Crippen molar-refractivity contribution in [3.63, 3.8) is 0 Å². The van der Waals surface area contributed by atoms with E-state index in [1.807, 2.05) is 6.07 Å². The van der Waals surface area contributed by atoms with Crippen LogP contribution in [0.2, 0.25) is 0 Å². The molecule has 1 aromatic carbocycles. The fourth-order valence-electron chi connectivity index (χ4n) is 2.10. The number of alkyl halides is 3. The van der Waals surface area contributed by atoms with Gasteiger partial charge >= 0.3 is 6.18 Å². The van der Waals surface area contributed by atoms with Gasteiger partial charge < -0.3 is 0 Å². The first-order valence-electron chi connectivity index (χ1n) is 6.04. The van der Waals surface area contributed by atoms with Crippen LogP contribution in [0.3, 0.4) is 0 Å². The van der Waals surface area contributed by atoms with E-state index in [1.165, 1.54) is 16.8 Å². The van der Waals surface area contributed by atoms with Gasteiger partial charge in [0, 0.05) is 5.92 Å². The van der Waals surface area contributed by atoms with Crippen molar-refractivity contribution in [2.24, 2.45) is 0 Å². The van der Waals surface area contributed by atoms with Gasteiger partial charge in [0.15, 0.2) is 5.69 Å². The second-order valence-corrected chi connectivity index (χ2v) is 4.67. The number of nitrogens with zero attached hydrogens (tertiary/aromatic N) is 4. The predicted octanol–water partition coefficient (Wildman–Crippen LogP) is 3.04. The highest BCUT2D eigenvalue weighted by Gasteiger charge is 2.33. The van der Waals surface area contributed by atoms with Crippen molar-refractivity contribution in [2.45, 2.75) is 24.9 Å². The summed E-state index contributed by atoms with van der Waals surface area (Å²) in [4.78, 5) is 0. The molecule has 1 aromatic heterocycles. The first-order valence-corrected chi connectivity index (χ1v) is 6.04. The van der Waals surface area contributed by atoms with Crippen LogP contribution in [-0.2, 0) is 6.18 Å². The number of hydrogen-bond acceptors (Lipinski definition) is 3. The summed E-state index contributed by atoms with van der Waals surface area (Å²) >= 11 is 0. The molecular formula is C13H9F3N4. The van der Waals surface area contributed by atoms with Crippen molar-refractivity contribution in [3.8, 4) is 11.8 Å². The summed E-state index contributed by atoms with van der Waals surface area (Å²) in [6, 6.07) is 6.80. The fourth-order valence-corrected chi connectivity index (χ4v) is 2.10. The molecule has 0 bridgehead atoms. The summed E-state index contributed by atoms with van der Waals surface area (Å²) in [5, 5.41) is 16.5. The molecule has 0 aliphatic heterocycles. The molecule has 0 amide bonds. The number of aromatic nitrogens is 3. The SMILES string of the molecule is N#Cc1nnn(-c2cccc(C(F)(F)F)c2)c1C1CC1. The topological polar surface area (TPSA) is 54.5 Å². The molecule has 0 radical (unpaired) electrons. The van der Waals surface area contributed by atoms with Gasteiger partial charge in [0.2, 0.25) is 0 Å². The van der Waals surface area contributed by atoms with Crippen LogP contribution >= 0.6 is 0 Å². The van der Waals surface area contributed by atoms with Crippen LogP contribution in [0.1, 0.15) is 35.7 Å². The lowest BCUT2D eigenvalue weighted by atomic mass is 10.1. The van der Waals surface area contributed by atoms with Crippen molar-refractivity contribution in [3.05, 3.63) is 41.2 Å². The van der Waals surface area contributed by atoms with Crippen LogP contribution in [0.5, 0.6) is 0 Å².